The van der Waals surface area contributed by atoms with Crippen molar-refractivity contribution in [2.24, 2.45) is 0 Å². The molecule has 3 N–H and O–H groups in total. The summed E-state index contributed by atoms with van der Waals surface area (Å²) in [7, 11) is 0. The second kappa shape index (κ2) is 6.61. The first kappa shape index (κ1) is 17.0. The summed E-state index contributed by atoms with van der Waals surface area (Å²) in [5, 5.41) is 29.5. The summed E-state index contributed by atoms with van der Waals surface area (Å²) in [6.45, 7) is 5.40. The van der Waals surface area contributed by atoms with Gasteiger partial charge in [0, 0.05) is 12.5 Å². The zero-order valence-corrected chi connectivity index (χ0v) is 13.9. The van der Waals surface area contributed by atoms with Gasteiger partial charge in [-0.3, -0.25) is 4.79 Å². The van der Waals surface area contributed by atoms with Crippen LogP contribution in [0.15, 0.2) is 48.6 Å². The first-order valence-electron chi connectivity index (χ1n) is 8.03. The fraction of sp³-hybridized carbons (Fsp3) is 0.250. The molecule has 0 aromatic heterocycles. The molecule has 5 heteroatoms. The zero-order chi connectivity index (χ0) is 18.1. The molecule has 2 aromatic carbocycles. The highest BCUT2D eigenvalue weighted by molar-refractivity contribution is 6.00. The minimum absolute atomic E-state index is 0.0294. The molecule has 0 aliphatic carbocycles. The van der Waals surface area contributed by atoms with E-state index in [1.54, 1.807) is 25.1 Å². The van der Waals surface area contributed by atoms with Crippen molar-refractivity contribution in [2.75, 3.05) is 0 Å². The van der Waals surface area contributed by atoms with E-state index in [0.29, 0.717) is 22.4 Å². The fourth-order valence-electron chi connectivity index (χ4n) is 2.82. The van der Waals surface area contributed by atoms with Gasteiger partial charge in [0.1, 0.15) is 23.4 Å². The van der Waals surface area contributed by atoms with Crippen LogP contribution >= 0.6 is 0 Å². The molecule has 0 spiro atoms. The normalized spacial score (nSPS) is 17.5. The summed E-state index contributed by atoms with van der Waals surface area (Å²) in [5.74, 6) is 0.341. The smallest absolute Gasteiger partial charge is 0.170 e. The molecule has 1 heterocycles. The van der Waals surface area contributed by atoms with Crippen molar-refractivity contribution in [1.29, 1.82) is 0 Å². The monoisotopic (exact) mass is 340 g/mol. The van der Waals surface area contributed by atoms with Crippen LogP contribution in [0.1, 0.15) is 40.9 Å². The number of benzene rings is 2. The lowest BCUT2D eigenvalue weighted by Gasteiger charge is -2.26. The highest BCUT2D eigenvalue weighted by Crippen LogP contribution is 2.39. The highest BCUT2D eigenvalue weighted by Gasteiger charge is 2.29. The van der Waals surface area contributed by atoms with Gasteiger partial charge >= 0.3 is 0 Å². The van der Waals surface area contributed by atoms with Gasteiger partial charge in [-0.05, 0) is 36.2 Å². The van der Waals surface area contributed by atoms with Crippen molar-refractivity contribution >= 4 is 5.78 Å². The standard InChI is InChI=1S/C20H20O5/c1-11(2)16(22)8-13-7-15-18(24)10-19(25-20(15)9-17(13)23)12-3-5-14(21)6-4-12/h3-7,9,16,19,21-23H,1,8,10H2,2H3/t16?,19-/m0/s1. The number of phenolic OH excluding ortho intramolecular Hbond substituents is 2. The Morgan fingerprint density at radius 3 is 2.60 bits per heavy atom. The van der Waals surface area contributed by atoms with Gasteiger partial charge in [0.2, 0.25) is 0 Å². The molecule has 1 aliphatic rings. The van der Waals surface area contributed by atoms with E-state index in [2.05, 4.69) is 6.58 Å². The second-order valence-corrected chi connectivity index (χ2v) is 6.37. The van der Waals surface area contributed by atoms with Crippen molar-refractivity contribution in [3.05, 3.63) is 65.2 Å². The van der Waals surface area contributed by atoms with Crippen LogP contribution in [0.5, 0.6) is 17.2 Å². The SMILES string of the molecule is C=C(C)C(O)Cc1cc2c(cc1O)O[C@H](c1ccc(O)cc1)CC2=O. The molecule has 25 heavy (non-hydrogen) atoms. The second-order valence-electron chi connectivity index (χ2n) is 6.37. The number of aromatic hydroxyl groups is 2. The van der Waals surface area contributed by atoms with E-state index >= 15 is 0 Å². The summed E-state index contributed by atoms with van der Waals surface area (Å²) in [6.07, 6.45) is -0.895. The molecule has 1 aliphatic heterocycles. The summed E-state index contributed by atoms with van der Waals surface area (Å²) in [4.78, 5) is 12.5. The molecule has 5 nitrogen and oxygen atoms in total. The largest absolute Gasteiger partial charge is 0.508 e. The third-order valence-electron chi connectivity index (χ3n) is 4.37. The van der Waals surface area contributed by atoms with Crippen LogP contribution in [0.2, 0.25) is 0 Å². The molecule has 3 rings (SSSR count). The minimum Gasteiger partial charge on any atom is -0.508 e. The number of carbonyl (C=O) groups excluding carboxylic acids is 1. The van der Waals surface area contributed by atoms with Crippen LogP contribution in [0.3, 0.4) is 0 Å². The van der Waals surface area contributed by atoms with Crippen LogP contribution < -0.4 is 4.74 Å². The minimum atomic E-state index is -0.784. The average Bonchev–Trinajstić information content (AvgIpc) is 2.56. The average molecular weight is 340 g/mol. The third-order valence-corrected chi connectivity index (χ3v) is 4.37. The molecule has 0 saturated heterocycles. The van der Waals surface area contributed by atoms with E-state index in [1.807, 2.05) is 0 Å². The maximum atomic E-state index is 12.5. The number of Topliss-reactive ketones (excluding diaryl/α,β-unsaturated/α-hetero) is 1. The molecule has 2 aromatic rings. The molecule has 0 bridgehead atoms. The Morgan fingerprint density at radius 1 is 1.28 bits per heavy atom. The first-order valence-corrected chi connectivity index (χ1v) is 8.03. The van der Waals surface area contributed by atoms with E-state index in [9.17, 15) is 20.1 Å². The Kier molecular flexibility index (Phi) is 4.51. The molecule has 130 valence electrons. The summed E-state index contributed by atoms with van der Waals surface area (Å²) in [5.41, 5.74) is 2.25. The number of phenols is 2. The number of fused-ring (bicyclic) bond motifs is 1. The van der Waals surface area contributed by atoms with Gasteiger partial charge in [0.05, 0.1) is 18.1 Å². The Labute approximate surface area is 145 Å². The van der Waals surface area contributed by atoms with Crippen molar-refractivity contribution in [1.82, 2.24) is 0 Å². The quantitative estimate of drug-likeness (QED) is 0.744. The van der Waals surface area contributed by atoms with Crippen LogP contribution in [-0.4, -0.2) is 27.2 Å². The zero-order valence-electron chi connectivity index (χ0n) is 13.9. The molecule has 1 unspecified atom stereocenters. The van der Waals surface area contributed by atoms with Crippen molar-refractivity contribution in [3.8, 4) is 17.2 Å². The van der Waals surface area contributed by atoms with Crippen LogP contribution in [0.25, 0.3) is 0 Å². The number of ether oxygens (including phenoxy) is 1. The lowest BCUT2D eigenvalue weighted by molar-refractivity contribution is 0.0849. The van der Waals surface area contributed by atoms with Gasteiger partial charge in [-0.1, -0.05) is 24.3 Å². The number of ketones is 1. The number of hydrogen-bond acceptors (Lipinski definition) is 5. The fourth-order valence-corrected chi connectivity index (χ4v) is 2.82. The van der Waals surface area contributed by atoms with Gasteiger partial charge in [0.15, 0.2) is 5.78 Å². The molecule has 0 fully saturated rings. The van der Waals surface area contributed by atoms with E-state index < -0.39 is 12.2 Å². The number of rotatable bonds is 4. The Hall–Kier alpha value is -2.79. The highest BCUT2D eigenvalue weighted by atomic mass is 16.5. The van der Waals surface area contributed by atoms with Crippen molar-refractivity contribution < 1.29 is 24.9 Å². The predicted molar refractivity (Wildman–Crippen MR) is 93.1 cm³/mol. The van der Waals surface area contributed by atoms with Gasteiger partial charge in [-0.25, -0.2) is 0 Å². The number of hydrogen-bond donors (Lipinski definition) is 3. The first-order chi connectivity index (χ1) is 11.8. The molecule has 0 radical (unpaired) electrons. The van der Waals surface area contributed by atoms with Crippen molar-refractivity contribution in [2.45, 2.75) is 32.0 Å². The summed E-state index contributed by atoms with van der Waals surface area (Å²) in [6, 6.07) is 9.48. The maximum Gasteiger partial charge on any atom is 0.170 e. The van der Waals surface area contributed by atoms with Crippen LogP contribution in [-0.2, 0) is 6.42 Å². The van der Waals surface area contributed by atoms with Crippen molar-refractivity contribution in [3.63, 3.8) is 0 Å². The predicted octanol–water partition coefficient (Wildman–Crippen LogP) is 3.28. The lowest BCUT2D eigenvalue weighted by atomic mass is 9.93. The van der Waals surface area contributed by atoms with Gasteiger partial charge < -0.3 is 20.1 Å². The van der Waals surface area contributed by atoms with E-state index in [1.165, 1.54) is 18.2 Å². The molecular weight excluding hydrogens is 320 g/mol. The molecule has 2 atom stereocenters. The maximum absolute atomic E-state index is 12.5. The number of aliphatic hydroxyl groups excluding tert-OH is 1. The van der Waals surface area contributed by atoms with Gasteiger partial charge in [-0.2, -0.15) is 0 Å². The van der Waals surface area contributed by atoms with Crippen LogP contribution in [0, 0.1) is 0 Å². The lowest BCUT2D eigenvalue weighted by Crippen LogP contribution is -2.21. The molecule has 0 saturated carbocycles. The number of carbonyl (C=O) groups is 1. The Bertz CT molecular complexity index is 823. The van der Waals surface area contributed by atoms with E-state index in [4.69, 9.17) is 4.74 Å². The molecular formula is C20H20O5. The Balaban J connectivity index is 1.89. The summed E-state index contributed by atoms with van der Waals surface area (Å²) >= 11 is 0. The van der Waals surface area contributed by atoms with Crippen LogP contribution in [0.4, 0.5) is 0 Å². The van der Waals surface area contributed by atoms with E-state index in [0.717, 1.165) is 5.56 Å². The summed E-state index contributed by atoms with van der Waals surface area (Å²) < 4.78 is 5.87. The topological polar surface area (TPSA) is 87.0 Å². The molecule has 0 amide bonds. The van der Waals surface area contributed by atoms with E-state index in [-0.39, 0.29) is 30.1 Å². The van der Waals surface area contributed by atoms with Gasteiger partial charge in [-0.15, -0.1) is 0 Å². The third kappa shape index (κ3) is 3.51. The Morgan fingerprint density at radius 2 is 1.96 bits per heavy atom. The number of aliphatic hydroxyl groups is 1. The van der Waals surface area contributed by atoms with Gasteiger partial charge in [0.25, 0.3) is 0 Å².